The van der Waals surface area contributed by atoms with Crippen LogP contribution < -0.4 is 5.32 Å². The minimum Gasteiger partial charge on any atom is -0.378 e. The smallest absolute Gasteiger partial charge is 0.0511 e. The third kappa shape index (κ3) is 4.87. The first kappa shape index (κ1) is 16.1. The Balaban J connectivity index is 2.08. The molecule has 0 radical (unpaired) electrons. The number of rotatable bonds is 6. The van der Waals surface area contributed by atoms with E-state index < -0.39 is 0 Å². The van der Waals surface area contributed by atoms with Gasteiger partial charge in [-0.25, -0.2) is 0 Å². The molecule has 2 nitrogen and oxygen atoms in total. The highest BCUT2D eigenvalue weighted by Crippen LogP contribution is 2.25. The van der Waals surface area contributed by atoms with E-state index in [0.717, 1.165) is 17.4 Å². The minimum absolute atomic E-state index is 0.335. The molecule has 0 saturated heterocycles. The van der Waals surface area contributed by atoms with Gasteiger partial charge >= 0.3 is 0 Å². The fraction of sp³-hybridized carbons (Fsp3) is 0.333. The Hall–Kier alpha value is -1.32. The lowest BCUT2D eigenvalue weighted by molar-refractivity contribution is 0.402. The standard InChI is InChI=1S/C18H23BrN2/c1-4-18(15-6-5-7-16(19)12-15)20-17-10-8-14(9-11-17)13-21(2)3/h5-12,18,20H,4,13H2,1-3H3. The highest BCUT2D eigenvalue weighted by molar-refractivity contribution is 9.10. The molecule has 2 aromatic rings. The monoisotopic (exact) mass is 346 g/mol. The van der Waals surface area contributed by atoms with E-state index in [1.807, 2.05) is 0 Å². The summed E-state index contributed by atoms with van der Waals surface area (Å²) in [6, 6.07) is 17.6. The third-order valence-corrected chi connectivity index (χ3v) is 3.95. The van der Waals surface area contributed by atoms with Crippen LogP contribution >= 0.6 is 15.9 Å². The topological polar surface area (TPSA) is 15.3 Å². The Morgan fingerprint density at radius 1 is 1.10 bits per heavy atom. The van der Waals surface area contributed by atoms with Crippen LogP contribution in [0.4, 0.5) is 5.69 Å². The summed E-state index contributed by atoms with van der Waals surface area (Å²) >= 11 is 3.55. The zero-order valence-corrected chi connectivity index (χ0v) is 14.5. The molecule has 2 rings (SSSR count). The van der Waals surface area contributed by atoms with Crippen LogP contribution in [0.2, 0.25) is 0 Å². The Labute approximate surface area is 136 Å². The van der Waals surface area contributed by atoms with Gasteiger partial charge in [0, 0.05) is 16.7 Å². The van der Waals surface area contributed by atoms with Crippen LogP contribution in [0.15, 0.2) is 53.0 Å². The first-order valence-corrected chi connectivity index (χ1v) is 8.13. The molecule has 0 bridgehead atoms. The summed E-state index contributed by atoms with van der Waals surface area (Å²) in [4.78, 5) is 2.18. The average molecular weight is 347 g/mol. The van der Waals surface area contributed by atoms with Gasteiger partial charge in [-0.2, -0.15) is 0 Å². The Morgan fingerprint density at radius 3 is 2.38 bits per heavy atom. The Bertz CT molecular complexity index is 564. The zero-order valence-electron chi connectivity index (χ0n) is 12.9. The normalized spacial score (nSPS) is 12.4. The van der Waals surface area contributed by atoms with Crippen molar-refractivity contribution in [3.63, 3.8) is 0 Å². The first-order chi connectivity index (χ1) is 10.1. The molecule has 0 aliphatic carbocycles. The molecule has 0 aliphatic rings. The van der Waals surface area contributed by atoms with Crippen LogP contribution in [0.1, 0.15) is 30.5 Å². The summed E-state index contributed by atoms with van der Waals surface area (Å²) in [6.45, 7) is 3.18. The van der Waals surface area contributed by atoms with Crippen LogP contribution in [-0.2, 0) is 6.54 Å². The van der Waals surface area contributed by atoms with Crippen LogP contribution in [0.25, 0.3) is 0 Å². The maximum atomic E-state index is 3.62. The molecule has 1 atom stereocenters. The number of hydrogen-bond acceptors (Lipinski definition) is 2. The van der Waals surface area contributed by atoms with Gasteiger partial charge in [-0.05, 0) is 55.9 Å². The van der Waals surface area contributed by atoms with E-state index >= 15 is 0 Å². The molecule has 0 saturated carbocycles. The predicted molar refractivity (Wildman–Crippen MR) is 94.6 cm³/mol. The van der Waals surface area contributed by atoms with E-state index in [0.29, 0.717) is 6.04 Å². The van der Waals surface area contributed by atoms with Crippen molar-refractivity contribution in [1.29, 1.82) is 0 Å². The second-order valence-corrected chi connectivity index (χ2v) is 6.51. The molecule has 3 heteroatoms. The molecular formula is C18H23BrN2. The molecular weight excluding hydrogens is 324 g/mol. The molecule has 21 heavy (non-hydrogen) atoms. The Morgan fingerprint density at radius 2 is 1.81 bits per heavy atom. The third-order valence-electron chi connectivity index (χ3n) is 3.45. The van der Waals surface area contributed by atoms with E-state index in [9.17, 15) is 0 Å². The molecule has 1 N–H and O–H groups in total. The van der Waals surface area contributed by atoms with Crippen molar-refractivity contribution in [2.45, 2.75) is 25.9 Å². The second kappa shape index (κ2) is 7.62. The number of hydrogen-bond donors (Lipinski definition) is 1. The minimum atomic E-state index is 0.335. The van der Waals surface area contributed by atoms with Crippen molar-refractivity contribution in [1.82, 2.24) is 4.90 Å². The van der Waals surface area contributed by atoms with E-state index in [2.05, 4.69) is 95.7 Å². The van der Waals surface area contributed by atoms with Gasteiger partial charge in [0.05, 0.1) is 6.04 Å². The number of nitrogens with one attached hydrogen (secondary N) is 1. The van der Waals surface area contributed by atoms with Crippen molar-refractivity contribution in [3.8, 4) is 0 Å². The number of benzene rings is 2. The SMILES string of the molecule is CCC(Nc1ccc(CN(C)C)cc1)c1cccc(Br)c1. The van der Waals surface area contributed by atoms with Gasteiger partial charge < -0.3 is 10.2 Å². The van der Waals surface area contributed by atoms with Gasteiger partial charge in [-0.15, -0.1) is 0 Å². The summed E-state index contributed by atoms with van der Waals surface area (Å²) in [5.41, 5.74) is 3.81. The highest BCUT2D eigenvalue weighted by Gasteiger charge is 2.09. The van der Waals surface area contributed by atoms with E-state index in [4.69, 9.17) is 0 Å². The molecule has 0 aromatic heterocycles. The van der Waals surface area contributed by atoms with Crippen LogP contribution in [-0.4, -0.2) is 19.0 Å². The molecule has 112 valence electrons. The summed E-state index contributed by atoms with van der Waals surface area (Å²) < 4.78 is 1.13. The lowest BCUT2D eigenvalue weighted by Gasteiger charge is -2.19. The number of anilines is 1. The van der Waals surface area contributed by atoms with Crippen molar-refractivity contribution >= 4 is 21.6 Å². The zero-order chi connectivity index (χ0) is 15.2. The lowest BCUT2D eigenvalue weighted by Crippen LogP contribution is -2.11. The predicted octanol–water partition coefficient (Wildman–Crippen LogP) is 5.07. The first-order valence-electron chi connectivity index (χ1n) is 7.34. The van der Waals surface area contributed by atoms with Crippen molar-refractivity contribution in [2.75, 3.05) is 19.4 Å². The van der Waals surface area contributed by atoms with Gasteiger partial charge in [0.15, 0.2) is 0 Å². The van der Waals surface area contributed by atoms with E-state index in [-0.39, 0.29) is 0 Å². The molecule has 0 spiro atoms. The largest absolute Gasteiger partial charge is 0.378 e. The van der Waals surface area contributed by atoms with Crippen molar-refractivity contribution in [3.05, 3.63) is 64.1 Å². The molecule has 2 aromatic carbocycles. The number of halogens is 1. The van der Waals surface area contributed by atoms with E-state index in [1.165, 1.54) is 16.8 Å². The van der Waals surface area contributed by atoms with Crippen LogP contribution in [0, 0.1) is 0 Å². The maximum Gasteiger partial charge on any atom is 0.0511 e. The summed E-state index contributed by atoms with van der Waals surface area (Å²) in [7, 11) is 4.18. The summed E-state index contributed by atoms with van der Waals surface area (Å²) in [6.07, 6.45) is 1.05. The van der Waals surface area contributed by atoms with Crippen molar-refractivity contribution < 1.29 is 0 Å². The lowest BCUT2D eigenvalue weighted by atomic mass is 10.0. The quantitative estimate of drug-likeness (QED) is 0.784. The van der Waals surface area contributed by atoms with Gasteiger partial charge in [0.2, 0.25) is 0 Å². The molecule has 0 amide bonds. The van der Waals surface area contributed by atoms with Gasteiger partial charge in [-0.1, -0.05) is 47.1 Å². The van der Waals surface area contributed by atoms with Gasteiger partial charge in [0.25, 0.3) is 0 Å². The second-order valence-electron chi connectivity index (χ2n) is 5.59. The molecule has 0 heterocycles. The average Bonchev–Trinajstić information content (AvgIpc) is 2.46. The fourth-order valence-corrected chi connectivity index (χ4v) is 2.83. The van der Waals surface area contributed by atoms with Crippen LogP contribution in [0.5, 0.6) is 0 Å². The van der Waals surface area contributed by atoms with Gasteiger partial charge in [0.1, 0.15) is 0 Å². The molecule has 0 aliphatic heterocycles. The molecule has 1 unspecified atom stereocenters. The highest BCUT2D eigenvalue weighted by atomic mass is 79.9. The fourth-order valence-electron chi connectivity index (χ4n) is 2.42. The summed E-state index contributed by atoms with van der Waals surface area (Å²) in [5, 5.41) is 3.62. The maximum absolute atomic E-state index is 3.62. The summed E-state index contributed by atoms with van der Waals surface area (Å²) in [5.74, 6) is 0. The van der Waals surface area contributed by atoms with Gasteiger partial charge in [-0.3, -0.25) is 0 Å². The molecule has 0 fully saturated rings. The van der Waals surface area contributed by atoms with Crippen LogP contribution in [0.3, 0.4) is 0 Å². The number of nitrogens with zero attached hydrogens (tertiary/aromatic N) is 1. The van der Waals surface area contributed by atoms with Crippen molar-refractivity contribution in [2.24, 2.45) is 0 Å². The Kier molecular flexibility index (Phi) is 5.83. The van der Waals surface area contributed by atoms with E-state index in [1.54, 1.807) is 0 Å².